The summed E-state index contributed by atoms with van der Waals surface area (Å²) in [6.45, 7) is 4.47. The van der Waals surface area contributed by atoms with E-state index in [0.717, 1.165) is 69.6 Å². The summed E-state index contributed by atoms with van der Waals surface area (Å²) in [4.78, 5) is 0. The van der Waals surface area contributed by atoms with Crippen LogP contribution in [0.4, 0.5) is 0 Å². The Balaban J connectivity index is 1.32. The summed E-state index contributed by atoms with van der Waals surface area (Å²) < 4.78 is 30.4. The Bertz CT molecular complexity index is 2010. The van der Waals surface area contributed by atoms with Gasteiger partial charge in [0.05, 0.1) is 16.5 Å². The van der Waals surface area contributed by atoms with Crippen molar-refractivity contribution in [2.45, 2.75) is 44.2 Å². The van der Waals surface area contributed by atoms with Crippen LogP contribution >= 0.6 is 8.53 Å². The largest absolute Gasteiger partial charge is 0.457 e. The first kappa shape index (κ1) is 28.4. The number of allylic oxidation sites excluding steroid dienone is 3. The van der Waals surface area contributed by atoms with Crippen molar-refractivity contribution in [3.05, 3.63) is 173 Å². The first-order chi connectivity index (χ1) is 23.1. The van der Waals surface area contributed by atoms with Crippen molar-refractivity contribution < 1.29 is 18.5 Å². The minimum Gasteiger partial charge on any atom is -0.457 e. The molecule has 0 amide bonds. The number of nitrogens with zero attached hydrogens (tertiary/aromatic N) is 1. The van der Waals surface area contributed by atoms with Gasteiger partial charge in [0.1, 0.15) is 34.5 Å². The third kappa shape index (κ3) is 4.30. The highest BCUT2D eigenvalue weighted by Crippen LogP contribution is 2.68. The average molecular weight is 636 g/mol. The lowest BCUT2D eigenvalue weighted by Crippen LogP contribution is -2.41. The number of para-hydroxylation sites is 1. The van der Waals surface area contributed by atoms with Gasteiger partial charge in [-0.3, -0.25) is 0 Å². The average Bonchev–Trinajstić information content (AvgIpc) is 3.11. The summed E-state index contributed by atoms with van der Waals surface area (Å²) in [5, 5.41) is 0. The molecule has 1 aliphatic carbocycles. The molecule has 5 aromatic rings. The van der Waals surface area contributed by atoms with E-state index in [1.807, 2.05) is 18.2 Å². The zero-order valence-electron chi connectivity index (χ0n) is 26.3. The first-order valence-corrected chi connectivity index (χ1v) is 17.4. The molecular weight excluding hydrogens is 601 g/mol. The van der Waals surface area contributed by atoms with Gasteiger partial charge in [-0.25, -0.2) is 4.67 Å². The van der Waals surface area contributed by atoms with E-state index < -0.39 is 13.9 Å². The van der Waals surface area contributed by atoms with Gasteiger partial charge in [-0.2, -0.15) is 0 Å². The van der Waals surface area contributed by atoms with Gasteiger partial charge in [-0.15, -0.1) is 0 Å². The van der Waals surface area contributed by atoms with Crippen molar-refractivity contribution in [2.24, 2.45) is 0 Å². The van der Waals surface area contributed by atoms with Gasteiger partial charge in [0, 0.05) is 23.2 Å². The quantitative estimate of drug-likeness (QED) is 0.180. The van der Waals surface area contributed by atoms with Crippen LogP contribution in [0.5, 0.6) is 28.7 Å². The molecule has 0 bridgehead atoms. The molecule has 232 valence electrons. The second-order valence-electron chi connectivity index (χ2n) is 12.4. The molecule has 0 radical (unpaired) electrons. The van der Waals surface area contributed by atoms with Crippen LogP contribution in [-0.2, 0) is 5.41 Å². The molecule has 4 atom stereocenters. The van der Waals surface area contributed by atoms with E-state index in [1.54, 1.807) is 0 Å². The third-order valence-corrected chi connectivity index (χ3v) is 11.6. The molecule has 0 aromatic heterocycles. The van der Waals surface area contributed by atoms with E-state index in [1.165, 1.54) is 11.1 Å². The van der Waals surface area contributed by atoms with Crippen LogP contribution in [0.3, 0.4) is 0 Å². The lowest BCUT2D eigenvalue weighted by molar-refractivity contribution is 0.242. The van der Waals surface area contributed by atoms with Crippen molar-refractivity contribution in [1.82, 2.24) is 4.67 Å². The Labute approximate surface area is 276 Å². The molecule has 6 heteroatoms. The molecule has 5 aromatic carbocycles. The number of rotatable bonds is 5. The predicted molar refractivity (Wildman–Crippen MR) is 185 cm³/mol. The maximum atomic E-state index is 7.27. The fourth-order valence-electron chi connectivity index (χ4n) is 7.75. The summed E-state index contributed by atoms with van der Waals surface area (Å²) in [6, 6.07) is 41.8. The summed E-state index contributed by atoms with van der Waals surface area (Å²) in [7, 11) is -1.70. The normalized spacial score (nSPS) is 21.2. The zero-order chi connectivity index (χ0) is 31.5. The lowest BCUT2D eigenvalue weighted by Gasteiger charge is -2.49. The maximum absolute atomic E-state index is 7.27. The molecule has 4 aliphatic rings. The molecule has 1 unspecified atom stereocenters. The number of hydrogen-bond acceptors (Lipinski definition) is 5. The molecule has 9 rings (SSSR count). The minimum atomic E-state index is -1.70. The molecule has 5 nitrogen and oxygen atoms in total. The first-order valence-electron chi connectivity index (χ1n) is 16.3. The van der Waals surface area contributed by atoms with Crippen LogP contribution in [0, 0.1) is 0 Å². The second-order valence-corrected chi connectivity index (χ2v) is 13.7. The molecule has 0 saturated heterocycles. The fourth-order valence-corrected chi connectivity index (χ4v) is 9.45. The van der Waals surface area contributed by atoms with E-state index in [2.05, 4.69) is 134 Å². The number of hydrogen-bond donors (Lipinski definition) is 0. The van der Waals surface area contributed by atoms with Crippen LogP contribution in [0.1, 0.15) is 66.6 Å². The van der Waals surface area contributed by atoms with Gasteiger partial charge in [0.25, 0.3) is 0 Å². The molecule has 0 saturated carbocycles. The molecule has 3 heterocycles. The molecule has 3 aliphatic heterocycles. The van der Waals surface area contributed by atoms with Crippen LogP contribution in [-0.4, -0.2) is 4.67 Å². The summed E-state index contributed by atoms with van der Waals surface area (Å²) in [5.74, 6) is 4.79. The Kier molecular flexibility index (Phi) is 6.74. The van der Waals surface area contributed by atoms with E-state index in [4.69, 9.17) is 18.5 Å². The van der Waals surface area contributed by atoms with Crippen LogP contribution in [0.15, 0.2) is 145 Å². The van der Waals surface area contributed by atoms with Crippen LogP contribution < -0.4 is 18.5 Å². The minimum absolute atomic E-state index is 0.0235. The second kappa shape index (κ2) is 11.2. The molecule has 0 fully saturated rings. The lowest BCUT2D eigenvalue weighted by atomic mass is 9.60. The van der Waals surface area contributed by atoms with Crippen molar-refractivity contribution >= 4 is 8.53 Å². The van der Waals surface area contributed by atoms with Gasteiger partial charge in [0.2, 0.25) is 0 Å². The van der Waals surface area contributed by atoms with Crippen molar-refractivity contribution in [3.8, 4) is 28.7 Å². The predicted octanol–water partition coefficient (Wildman–Crippen LogP) is 10.9. The summed E-state index contributed by atoms with van der Waals surface area (Å²) in [6.07, 6.45) is 6.41. The van der Waals surface area contributed by atoms with Crippen molar-refractivity contribution in [1.29, 1.82) is 0 Å². The highest BCUT2D eigenvalue weighted by molar-refractivity contribution is 7.45. The number of fused-ring (bicyclic) bond motifs is 2. The van der Waals surface area contributed by atoms with Gasteiger partial charge in [0.15, 0.2) is 0 Å². The van der Waals surface area contributed by atoms with Gasteiger partial charge in [-0.05, 0) is 74.2 Å². The third-order valence-electron chi connectivity index (χ3n) is 9.87. The highest BCUT2D eigenvalue weighted by Gasteiger charge is 2.57. The molecule has 47 heavy (non-hydrogen) atoms. The Morgan fingerprint density at radius 1 is 0.553 bits per heavy atom. The summed E-state index contributed by atoms with van der Waals surface area (Å²) in [5.41, 5.74) is 5.78. The Morgan fingerprint density at radius 2 is 1.06 bits per heavy atom. The van der Waals surface area contributed by atoms with Crippen LogP contribution in [0.2, 0.25) is 0 Å². The van der Waals surface area contributed by atoms with E-state index in [9.17, 15) is 0 Å². The van der Waals surface area contributed by atoms with Crippen LogP contribution in [0.25, 0.3) is 0 Å². The maximum Gasteiger partial charge on any atom is 0.385 e. The standard InChI is InChI=1S/C41H34NO4P/c1-27(29-15-5-3-6-16-29)42(28(2)30-17-7-4-8-18-30)47-45-37-25-13-23-35-39(37)41(31-19-9-11-21-33(31)43-35)32-20-10-12-22-34(32)44-36-24-14-26-38(46-47)40(36)41/h3-9,11,13-28H,10,12H2,1-2H3/t27-,28-,41-,47?/m0/s1. The zero-order valence-corrected chi connectivity index (χ0v) is 27.2. The highest BCUT2D eigenvalue weighted by atomic mass is 31.2. The van der Waals surface area contributed by atoms with Gasteiger partial charge in [-0.1, -0.05) is 97.1 Å². The van der Waals surface area contributed by atoms with E-state index in [-0.39, 0.29) is 12.1 Å². The van der Waals surface area contributed by atoms with Gasteiger partial charge < -0.3 is 18.5 Å². The van der Waals surface area contributed by atoms with E-state index >= 15 is 0 Å². The monoisotopic (exact) mass is 635 g/mol. The Hall–Kier alpha value is -4.83. The number of benzene rings is 5. The number of ether oxygens (including phenoxy) is 2. The molecular formula is C41H34NO4P. The molecule has 0 N–H and O–H groups in total. The van der Waals surface area contributed by atoms with Crippen molar-refractivity contribution in [2.75, 3.05) is 0 Å². The summed E-state index contributed by atoms with van der Waals surface area (Å²) >= 11 is 0. The topological polar surface area (TPSA) is 40.2 Å². The SMILES string of the molecule is C[C@@H](c1ccccc1)N([C@@H](C)c1ccccc1)P1Oc2cccc3c2[C@]2(C4=CCCC=C4O3)c3ccccc3Oc3cccc(c32)O1. The molecule has 1 spiro atoms. The fraction of sp³-hybridized carbons (Fsp3) is 0.171. The van der Waals surface area contributed by atoms with E-state index in [0.29, 0.717) is 0 Å². The Morgan fingerprint density at radius 3 is 1.70 bits per heavy atom. The smallest absolute Gasteiger partial charge is 0.385 e. The van der Waals surface area contributed by atoms with Gasteiger partial charge >= 0.3 is 8.53 Å². The van der Waals surface area contributed by atoms with Crippen molar-refractivity contribution in [3.63, 3.8) is 0 Å².